The van der Waals surface area contributed by atoms with Crippen LogP contribution in [0.1, 0.15) is 12.5 Å². The van der Waals surface area contributed by atoms with Gasteiger partial charge in [0.05, 0.1) is 10.9 Å². The van der Waals surface area contributed by atoms with Crippen LogP contribution >= 0.6 is 0 Å². The van der Waals surface area contributed by atoms with Crippen LogP contribution in [0, 0.1) is 0 Å². The first-order valence-electron chi connectivity index (χ1n) is 7.87. The van der Waals surface area contributed by atoms with Gasteiger partial charge in [0, 0.05) is 23.6 Å². The molecule has 2 heterocycles. The highest BCUT2D eigenvalue weighted by molar-refractivity contribution is 5.84. The van der Waals surface area contributed by atoms with Gasteiger partial charge in [-0.2, -0.15) is 0 Å². The fourth-order valence-corrected chi connectivity index (χ4v) is 3.10. The summed E-state index contributed by atoms with van der Waals surface area (Å²) >= 11 is 0. The maximum atomic E-state index is 12.8. The van der Waals surface area contributed by atoms with E-state index in [-0.39, 0.29) is 28.6 Å². The molecule has 1 aliphatic heterocycles. The molecule has 4 rings (SSSR count). The van der Waals surface area contributed by atoms with Crippen molar-refractivity contribution in [2.45, 2.75) is 19.4 Å². The molecule has 1 aromatic heterocycles. The van der Waals surface area contributed by atoms with E-state index in [1.807, 2.05) is 6.92 Å². The molecule has 1 unspecified atom stereocenters. The Morgan fingerprint density at radius 3 is 2.76 bits per heavy atom. The second kappa shape index (κ2) is 5.41. The molecule has 1 atom stereocenters. The van der Waals surface area contributed by atoms with Gasteiger partial charge in [0.1, 0.15) is 35.2 Å². The highest BCUT2D eigenvalue weighted by Gasteiger charge is 2.28. The minimum Gasteiger partial charge on any atom is -0.508 e. The summed E-state index contributed by atoms with van der Waals surface area (Å²) in [5.41, 5.74) is 2.22. The van der Waals surface area contributed by atoms with Crippen molar-refractivity contribution in [3.8, 4) is 28.4 Å². The standard InChI is InChI=1S/C20H16O5/c1-10(2)17-8-14-16(25-17)6-5-12(19(14)22)15-9-24-18-7-11(21)3-4-13(18)20(15)23/h3-7,9,17,21-22H,1,8H2,2H3. The molecule has 0 spiro atoms. The molecule has 126 valence electrons. The average Bonchev–Trinajstić information content (AvgIpc) is 3.02. The molecule has 0 radical (unpaired) electrons. The lowest BCUT2D eigenvalue weighted by Crippen LogP contribution is -2.13. The van der Waals surface area contributed by atoms with Gasteiger partial charge in [-0.25, -0.2) is 0 Å². The first-order valence-corrected chi connectivity index (χ1v) is 7.87. The van der Waals surface area contributed by atoms with Crippen molar-refractivity contribution in [1.82, 2.24) is 0 Å². The van der Waals surface area contributed by atoms with Gasteiger partial charge in [0.15, 0.2) is 0 Å². The van der Waals surface area contributed by atoms with E-state index in [4.69, 9.17) is 9.15 Å². The normalized spacial score (nSPS) is 15.8. The van der Waals surface area contributed by atoms with Crippen molar-refractivity contribution >= 4 is 11.0 Å². The maximum Gasteiger partial charge on any atom is 0.200 e. The van der Waals surface area contributed by atoms with Crippen molar-refractivity contribution in [2.75, 3.05) is 0 Å². The summed E-state index contributed by atoms with van der Waals surface area (Å²) in [6.07, 6.45) is 1.64. The van der Waals surface area contributed by atoms with Crippen molar-refractivity contribution in [3.63, 3.8) is 0 Å². The summed E-state index contributed by atoms with van der Waals surface area (Å²) in [6.45, 7) is 5.77. The topological polar surface area (TPSA) is 79.9 Å². The predicted molar refractivity (Wildman–Crippen MR) is 94.2 cm³/mol. The molecule has 0 amide bonds. The number of benzene rings is 2. The van der Waals surface area contributed by atoms with Crippen molar-refractivity contribution in [3.05, 3.63) is 64.5 Å². The molecule has 5 heteroatoms. The molecule has 25 heavy (non-hydrogen) atoms. The minimum absolute atomic E-state index is 0.0201. The lowest BCUT2D eigenvalue weighted by molar-refractivity contribution is 0.271. The Labute approximate surface area is 143 Å². The van der Waals surface area contributed by atoms with E-state index in [9.17, 15) is 15.0 Å². The minimum atomic E-state index is -0.271. The second-order valence-electron chi connectivity index (χ2n) is 6.25. The zero-order chi connectivity index (χ0) is 17.7. The summed E-state index contributed by atoms with van der Waals surface area (Å²) in [7, 11) is 0. The van der Waals surface area contributed by atoms with Crippen LogP contribution in [-0.4, -0.2) is 16.3 Å². The van der Waals surface area contributed by atoms with Crippen LogP contribution in [0.3, 0.4) is 0 Å². The van der Waals surface area contributed by atoms with Gasteiger partial charge >= 0.3 is 0 Å². The van der Waals surface area contributed by atoms with Crippen molar-refractivity contribution in [2.24, 2.45) is 0 Å². The Morgan fingerprint density at radius 1 is 1.20 bits per heavy atom. The third-order valence-electron chi connectivity index (χ3n) is 4.50. The molecule has 5 nitrogen and oxygen atoms in total. The molecule has 0 bridgehead atoms. The smallest absolute Gasteiger partial charge is 0.200 e. The van der Waals surface area contributed by atoms with Crippen molar-refractivity contribution in [1.29, 1.82) is 0 Å². The van der Waals surface area contributed by atoms with Gasteiger partial charge in [-0.05, 0) is 36.8 Å². The Kier molecular flexibility index (Phi) is 3.32. The van der Waals surface area contributed by atoms with Gasteiger partial charge in [-0.1, -0.05) is 6.58 Å². The Balaban J connectivity index is 1.87. The van der Waals surface area contributed by atoms with Crippen LogP contribution in [0.4, 0.5) is 0 Å². The fraction of sp³-hybridized carbons (Fsp3) is 0.150. The van der Waals surface area contributed by atoms with E-state index in [0.29, 0.717) is 34.3 Å². The second-order valence-corrected chi connectivity index (χ2v) is 6.25. The van der Waals surface area contributed by atoms with Gasteiger partial charge < -0.3 is 19.4 Å². The Morgan fingerprint density at radius 2 is 2.00 bits per heavy atom. The van der Waals surface area contributed by atoms with Crippen LogP contribution in [0.5, 0.6) is 17.2 Å². The zero-order valence-electron chi connectivity index (χ0n) is 13.6. The van der Waals surface area contributed by atoms with Crippen LogP contribution in [-0.2, 0) is 6.42 Å². The fourth-order valence-electron chi connectivity index (χ4n) is 3.10. The third kappa shape index (κ3) is 2.36. The molecular weight excluding hydrogens is 320 g/mol. The largest absolute Gasteiger partial charge is 0.508 e. The quantitative estimate of drug-likeness (QED) is 0.697. The maximum absolute atomic E-state index is 12.8. The first-order chi connectivity index (χ1) is 12.0. The number of aromatic hydroxyl groups is 2. The van der Waals surface area contributed by atoms with Gasteiger partial charge in [0.2, 0.25) is 5.43 Å². The Bertz CT molecular complexity index is 1080. The van der Waals surface area contributed by atoms with Crippen LogP contribution < -0.4 is 10.2 Å². The number of fused-ring (bicyclic) bond motifs is 2. The molecule has 0 saturated carbocycles. The highest BCUT2D eigenvalue weighted by Crippen LogP contribution is 2.42. The number of hydrogen-bond donors (Lipinski definition) is 2. The number of phenols is 2. The van der Waals surface area contributed by atoms with E-state index < -0.39 is 0 Å². The van der Waals surface area contributed by atoms with Gasteiger partial charge in [-0.15, -0.1) is 0 Å². The average molecular weight is 336 g/mol. The third-order valence-corrected chi connectivity index (χ3v) is 4.50. The monoisotopic (exact) mass is 336 g/mol. The highest BCUT2D eigenvalue weighted by atomic mass is 16.5. The molecular formula is C20H16O5. The molecule has 1 aliphatic rings. The summed E-state index contributed by atoms with van der Waals surface area (Å²) < 4.78 is 11.2. The molecule has 0 aliphatic carbocycles. The molecule has 0 saturated heterocycles. The molecule has 0 fully saturated rings. The van der Waals surface area contributed by atoms with E-state index >= 15 is 0 Å². The number of ether oxygens (including phenoxy) is 1. The molecule has 2 aromatic carbocycles. The Hall–Kier alpha value is -3.21. The SMILES string of the molecule is C=C(C)C1Cc2c(ccc(-c3coc4cc(O)ccc4c3=O)c2O)O1. The van der Waals surface area contributed by atoms with Crippen LogP contribution in [0.25, 0.3) is 22.1 Å². The van der Waals surface area contributed by atoms with E-state index in [2.05, 4.69) is 6.58 Å². The van der Waals surface area contributed by atoms with E-state index in [0.717, 1.165) is 5.57 Å². The lowest BCUT2D eigenvalue weighted by Gasteiger charge is -2.09. The molecule has 3 aromatic rings. The van der Waals surface area contributed by atoms with Crippen LogP contribution in [0.15, 0.2) is 58.0 Å². The predicted octanol–water partition coefficient (Wildman–Crippen LogP) is 3.75. The zero-order valence-corrected chi connectivity index (χ0v) is 13.6. The van der Waals surface area contributed by atoms with E-state index in [1.165, 1.54) is 24.5 Å². The summed E-state index contributed by atoms with van der Waals surface area (Å²) in [4.78, 5) is 12.8. The molecule has 2 N–H and O–H groups in total. The van der Waals surface area contributed by atoms with E-state index in [1.54, 1.807) is 12.1 Å². The number of hydrogen-bond acceptors (Lipinski definition) is 5. The lowest BCUT2D eigenvalue weighted by atomic mass is 9.98. The summed E-state index contributed by atoms with van der Waals surface area (Å²) in [5, 5.41) is 20.5. The first kappa shape index (κ1) is 15.3. The van der Waals surface area contributed by atoms with Gasteiger partial charge in [-0.3, -0.25) is 4.79 Å². The summed E-state index contributed by atoms with van der Waals surface area (Å²) in [5.74, 6) is 0.641. The van der Waals surface area contributed by atoms with Gasteiger partial charge in [0.25, 0.3) is 0 Å². The number of rotatable bonds is 2. The van der Waals surface area contributed by atoms with Crippen LogP contribution in [0.2, 0.25) is 0 Å². The summed E-state index contributed by atoms with van der Waals surface area (Å²) in [6, 6.07) is 7.71. The number of phenolic OH excluding ortho intramolecular Hbond substituents is 2. The van der Waals surface area contributed by atoms with Crippen molar-refractivity contribution < 1.29 is 19.4 Å².